The highest BCUT2D eigenvalue weighted by atomic mass is 32.2. The molecule has 0 atom stereocenters. The van der Waals surface area contributed by atoms with Gasteiger partial charge in [0.15, 0.2) is 5.01 Å². The lowest BCUT2D eigenvalue weighted by Crippen LogP contribution is -2.38. The van der Waals surface area contributed by atoms with Gasteiger partial charge in [0.05, 0.1) is 19.3 Å². The average Bonchev–Trinajstić information content (AvgIpc) is 3.30. The monoisotopic (exact) mass is 459 g/mol. The van der Waals surface area contributed by atoms with Crippen LogP contribution in [0.25, 0.3) is 10.6 Å². The zero-order valence-corrected chi connectivity index (χ0v) is 19.2. The molecule has 1 aliphatic rings. The Balaban J connectivity index is 1.48. The molecule has 2 aromatic carbocycles. The van der Waals surface area contributed by atoms with Gasteiger partial charge in [-0.15, -0.1) is 10.2 Å². The van der Waals surface area contributed by atoms with E-state index in [-0.39, 0.29) is 10.8 Å². The lowest BCUT2D eigenvalue weighted by Gasteiger charge is -2.30. The molecular formula is C22H25N3O4S2. The Kier molecular flexibility index (Phi) is 6.54. The second kappa shape index (κ2) is 9.33. The van der Waals surface area contributed by atoms with Gasteiger partial charge < -0.3 is 9.47 Å². The van der Waals surface area contributed by atoms with Crippen molar-refractivity contribution in [3.05, 3.63) is 53.5 Å². The summed E-state index contributed by atoms with van der Waals surface area (Å²) in [5, 5.41) is 10.5. The average molecular weight is 460 g/mol. The molecule has 0 spiro atoms. The highest BCUT2D eigenvalue weighted by Gasteiger charge is 2.33. The van der Waals surface area contributed by atoms with Crippen LogP contribution >= 0.6 is 11.3 Å². The predicted molar refractivity (Wildman–Crippen MR) is 120 cm³/mol. The van der Waals surface area contributed by atoms with Gasteiger partial charge in [0.25, 0.3) is 0 Å². The number of benzene rings is 2. The Bertz CT molecular complexity index is 1140. The van der Waals surface area contributed by atoms with E-state index >= 15 is 0 Å². The fraction of sp³-hybridized carbons (Fsp3) is 0.364. The largest absolute Gasteiger partial charge is 0.496 e. The van der Waals surface area contributed by atoms with Gasteiger partial charge in [-0.05, 0) is 44.0 Å². The Morgan fingerprint density at radius 2 is 1.71 bits per heavy atom. The van der Waals surface area contributed by atoms with E-state index < -0.39 is 10.0 Å². The van der Waals surface area contributed by atoms with Crippen molar-refractivity contribution in [1.82, 2.24) is 14.5 Å². The molecule has 1 aromatic heterocycles. The Labute approximate surface area is 186 Å². The van der Waals surface area contributed by atoms with E-state index in [1.165, 1.54) is 0 Å². The molecule has 1 fully saturated rings. The van der Waals surface area contributed by atoms with Crippen molar-refractivity contribution in [3.63, 3.8) is 0 Å². The molecule has 1 saturated heterocycles. The normalized spacial score (nSPS) is 15.7. The van der Waals surface area contributed by atoms with Crippen LogP contribution in [0, 0.1) is 0 Å². The van der Waals surface area contributed by atoms with Gasteiger partial charge in [0.2, 0.25) is 10.0 Å². The Morgan fingerprint density at radius 3 is 2.42 bits per heavy atom. The molecule has 9 heteroatoms. The summed E-state index contributed by atoms with van der Waals surface area (Å²) in [7, 11) is -1.97. The van der Waals surface area contributed by atoms with Gasteiger partial charge in [-0.2, -0.15) is 4.31 Å². The molecule has 0 unspecified atom stereocenters. The maximum atomic E-state index is 13.2. The van der Waals surface area contributed by atoms with Crippen LogP contribution in [-0.2, 0) is 10.0 Å². The summed E-state index contributed by atoms with van der Waals surface area (Å²) < 4.78 is 38.9. The fourth-order valence-electron chi connectivity index (χ4n) is 3.75. The lowest BCUT2D eigenvalue weighted by atomic mass is 9.99. The van der Waals surface area contributed by atoms with E-state index in [9.17, 15) is 8.42 Å². The molecule has 3 aromatic rings. The van der Waals surface area contributed by atoms with Gasteiger partial charge in [-0.3, -0.25) is 0 Å². The predicted octanol–water partition coefficient (Wildman–Crippen LogP) is 4.18. The molecule has 31 heavy (non-hydrogen) atoms. The number of ether oxygens (including phenoxy) is 2. The molecule has 164 valence electrons. The summed E-state index contributed by atoms with van der Waals surface area (Å²) in [6.45, 7) is 3.14. The van der Waals surface area contributed by atoms with Crippen molar-refractivity contribution in [2.75, 3.05) is 26.8 Å². The number of piperidine rings is 1. The van der Waals surface area contributed by atoms with Crippen LogP contribution in [0.2, 0.25) is 0 Å². The van der Waals surface area contributed by atoms with E-state index in [1.807, 2.05) is 31.2 Å². The van der Waals surface area contributed by atoms with Crippen molar-refractivity contribution in [3.8, 4) is 22.1 Å². The smallest absolute Gasteiger partial charge is 0.246 e. The van der Waals surface area contributed by atoms with Gasteiger partial charge in [-0.1, -0.05) is 35.6 Å². The topological polar surface area (TPSA) is 81.6 Å². The van der Waals surface area contributed by atoms with Crippen LogP contribution in [-0.4, -0.2) is 49.7 Å². The minimum absolute atomic E-state index is 0.189. The van der Waals surface area contributed by atoms with Crippen LogP contribution in [0.4, 0.5) is 0 Å². The van der Waals surface area contributed by atoms with E-state index in [2.05, 4.69) is 10.2 Å². The van der Waals surface area contributed by atoms with Crippen molar-refractivity contribution in [2.24, 2.45) is 0 Å². The first-order valence-corrected chi connectivity index (χ1v) is 12.5. The van der Waals surface area contributed by atoms with Crippen molar-refractivity contribution in [1.29, 1.82) is 0 Å². The number of rotatable bonds is 7. The second-order valence-corrected chi connectivity index (χ2v) is 10.1. The minimum Gasteiger partial charge on any atom is -0.496 e. The molecule has 1 aliphatic heterocycles. The molecule has 2 heterocycles. The molecule has 0 aliphatic carbocycles. The number of sulfonamides is 1. The summed E-state index contributed by atoms with van der Waals surface area (Å²) in [5.74, 6) is 1.35. The van der Waals surface area contributed by atoms with E-state index in [1.54, 1.807) is 47.0 Å². The quantitative estimate of drug-likeness (QED) is 0.527. The maximum absolute atomic E-state index is 13.2. The molecular weight excluding hydrogens is 434 g/mol. The number of hydrogen-bond acceptors (Lipinski definition) is 7. The molecule has 0 bridgehead atoms. The van der Waals surface area contributed by atoms with Crippen LogP contribution < -0.4 is 9.47 Å². The zero-order chi connectivity index (χ0) is 21.8. The SMILES string of the molecule is CCOc1ccccc1S(=O)(=O)N1CCC(c2nnc(-c3ccccc3OC)s2)CC1. The number of aromatic nitrogens is 2. The lowest BCUT2D eigenvalue weighted by molar-refractivity contribution is 0.310. The zero-order valence-electron chi connectivity index (χ0n) is 17.5. The highest BCUT2D eigenvalue weighted by Crippen LogP contribution is 2.38. The van der Waals surface area contributed by atoms with Crippen LogP contribution in [0.3, 0.4) is 0 Å². The summed E-state index contributed by atoms with van der Waals surface area (Å²) >= 11 is 1.55. The number of hydrogen-bond donors (Lipinski definition) is 0. The molecule has 0 N–H and O–H groups in total. The van der Waals surface area contributed by atoms with Crippen molar-refractivity contribution in [2.45, 2.75) is 30.6 Å². The number of methoxy groups -OCH3 is 1. The van der Waals surface area contributed by atoms with Crippen LogP contribution in [0.5, 0.6) is 11.5 Å². The molecule has 0 radical (unpaired) electrons. The minimum atomic E-state index is -3.61. The van der Waals surface area contributed by atoms with Gasteiger partial charge in [0, 0.05) is 19.0 Å². The first-order valence-electron chi connectivity index (χ1n) is 10.2. The third-order valence-electron chi connectivity index (χ3n) is 5.35. The van der Waals surface area contributed by atoms with E-state index in [4.69, 9.17) is 9.47 Å². The fourth-order valence-corrected chi connectivity index (χ4v) is 6.39. The maximum Gasteiger partial charge on any atom is 0.246 e. The van der Waals surface area contributed by atoms with Crippen molar-refractivity contribution >= 4 is 21.4 Å². The van der Waals surface area contributed by atoms with E-state index in [0.717, 1.165) is 21.3 Å². The molecule has 4 rings (SSSR count). The summed E-state index contributed by atoms with van der Waals surface area (Å²) in [6, 6.07) is 14.6. The molecule has 0 amide bonds. The Hall–Kier alpha value is -2.49. The van der Waals surface area contributed by atoms with Crippen LogP contribution in [0.1, 0.15) is 30.7 Å². The second-order valence-electron chi connectivity index (χ2n) is 7.20. The third kappa shape index (κ3) is 4.44. The molecule has 7 nitrogen and oxygen atoms in total. The third-order valence-corrected chi connectivity index (χ3v) is 8.41. The Morgan fingerprint density at radius 1 is 1.03 bits per heavy atom. The van der Waals surface area contributed by atoms with Gasteiger partial charge >= 0.3 is 0 Å². The summed E-state index contributed by atoms with van der Waals surface area (Å²) in [6.07, 6.45) is 1.41. The number of nitrogens with zero attached hydrogens (tertiary/aromatic N) is 3. The van der Waals surface area contributed by atoms with Crippen molar-refractivity contribution < 1.29 is 17.9 Å². The first-order chi connectivity index (χ1) is 15.0. The van der Waals surface area contributed by atoms with Crippen LogP contribution in [0.15, 0.2) is 53.4 Å². The summed E-state index contributed by atoms with van der Waals surface area (Å²) in [4.78, 5) is 0.227. The highest BCUT2D eigenvalue weighted by molar-refractivity contribution is 7.89. The standard InChI is InChI=1S/C22H25N3O4S2/c1-3-29-19-10-6-7-11-20(19)31(26,27)25-14-12-16(13-15-25)21-23-24-22(30-21)17-8-4-5-9-18(17)28-2/h4-11,16H,3,12-15H2,1-2H3. The van der Waals surface area contributed by atoms with Gasteiger partial charge in [-0.25, -0.2) is 8.42 Å². The number of para-hydroxylation sites is 2. The van der Waals surface area contributed by atoms with E-state index in [0.29, 0.717) is 38.3 Å². The molecule has 0 saturated carbocycles. The first kappa shape index (κ1) is 21.7. The summed E-state index contributed by atoms with van der Waals surface area (Å²) in [5.41, 5.74) is 0.918. The van der Waals surface area contributed by atoms with Gasteiger partial charge in [0.1, 0.15) is 21.4 Å².